The first-order chi connectivity index (χ1) is 12.5. The molecule has 1 amide bonds. The number of amides is 1. The lowest BCUT2D eigenvalue weighted by Crippen LogP contribution is -2.13. The van der Waals surface area contributed by atoms with Crippen molar-refractivity contribution in [2.75, 3.05) is 18.7 Å². The maximum Gasteiger partial charge on any atom is 0.341 e. The van der Waals surface area contributed by atoms with Gasteiger partial charge in [0.2, 0.25) is 12.7 Å². The van der Waals surface area contributed by atoms with E-state index in [1.807, 2.05) is 25.1 Å². The van der Waals surface area contributed by atoms with Gasteiger partial charge in [-0.3, -0.25) is 4.79 Å². The summed E-state index contributed by atoms with van der Waals surface area (Å²) in [5, 5.41) is 3.37. The summed E-state index contributed by atoms with van der Waals surface area (Å²) in [6.45, 7) is 5.93. The minimum Gasteiger partial charge on any atom is -0.462 e. The zero-order valence-electron chi connectivity index (χ0n) is 15.0. The standard InChI is InChI=1S/C19H21NO5S/c1-4-16(21)20-18-17(19(22)23-5-2)11(3)15(26-18)9-12-6-7-13-14(8-12)25-10-24-13/h6-8H,4-5,9-10H2,1-3H3,(H,20,21). The highest BCUT2D eigenvalue weighted by atomic mass is 32.1. The summed E-state index contributed by atoms with van der Waals surface area (Å²) in [7, 11) is 0. The number of rotatable bonds is 6. The smallest absolute Gasteiger partial charge is 0.341 e. The number of nitrogens with one attached hydrogen (secondary N) is 1. The molecule has 1 N–H and O–H groups in total. The van der Waals surface area contributed by atoms with Gasteiger partial charge in [0.15, 0.2) is 11.5 Å². The van der Waals surface area contributed by atoms with E-state index in [1.165, 1.54) is 11.3 Å². The monoisotopic (exact) mass is 375 g/mol. The van der Waals surface area contributed by atoms with E-state index in [0.29, 0.717) is 23.4 Å². The van der Waals surface area contributed by atoms with Crippen LogP contribution >= 0.6 is 11.3 Å². The number of fused-ring (bicyclic) bond motifs is 1. The molecular formula is C19H21NO5S. The van der Waals surface area contributed by atoms with Crippen molar-refractivity contribution in [1.82, 2.24) is 0 Å². The molecule has 3 rings (SSSR count). The summed E-state index contributed by atoms with van der Waals surface area (Å²) >= 11 is 1.41. The Balaban J connectivity index is 1.92. The summed E-state index contributed by atoms with van der Waals surface area (Å²) < 4.78 is 15.9. The van der Waals surface area contributed by atoms with Crippen LogP contribution in [0.25, 0.3) is 0 Å². The molecule has 6 nitrogen and oxygen atoms in total. The second-order valence-corrected chi connectivity index (χ2v) is 6.95. The number of carbonyl (C=O) groups excluding carboxylic acids is 2. The highest BCUT2D eigenvalue weighted by Gasteiger charge is 2.24. The van der Waals surface area contributed by atoms with Crippen molar-refractivity contribution in [1.29, 1.82) is 0 Å². The van der Waals surface area contributed by atoms with Crippen LogP contribution in [0.1, 0.15) is 46.6 Å². The molecule has 2 heterocycles. The Labute approximate surface area is 156 Å². The van der Waals surface area contributed by atoms with Gasteiger partial charge in [0.25, 0.3) is 0 Å². The van der Waals surface area contributed by atoms with Crippen molar-refractivity contribution in [3.63, 3.8) is 0 Å². The van der Waals surface area contributed by atoms with E-state index in [4.69, 9.17) is 14.2 Å². The fraction of sp³-hybridized carbons (Fsp3) is 0.368. The van der Waals surface area contributed by atoms with Gasteiger partial charge in [0, 0.05) is 17.7 Å². The lowest BCUT2D eigenvalue weighted by molar-refractivity contribution is -0.115. The average molecular weight is 375 g/mol. The third kappa shape index (κ3) is 3.67. The van der Waals surface area contributed by atoms with Crippen molar-refractivity contribution in [3.05, 3.63) is 39.8 Å². The zero-order valence-corrected chi connectivity index (χ0v) is 15.8. The molecule has 0 aliphatic carbocycles. The van der Waals surface area contributed by atoms with Crippen molar-refractivity contribution in [3.8, 4) is 11.5 Å². The number of benzene rings is 1. The minimum absolute atomic E-state index is 0.133. The second kappa shape index (κ2) is 7.78. The molecule has 0 spiro atoms. The molecule has 0 bridgehead atoms. The largest absolute Gasteiger partial charge is 0.462 e. The Morgan fingerprint density at radius 3 is 2.73 bits per heavy atom. The predicted molar refractivity (Wildman–Crippen MR) is 99.3 cm³/mol. The molecule has 1 aromatic heterocycles. The Bertz CT molecular complexity index is 843. The quantitative estimate of drug-likeness (QED) is 0.775. The van der Waals surface area contributed by atoms with Gasteiger partial charge in [-0.25, -0.2) is 4.79 Å². The van der Waals surface area contributed by atoms with Crippen molar-refractivity contribution < 1.29 is 23.8 Å². The molecule has 1 aliphatic heterocycles. The summed E-state index contributed by atoms with van der Waals surface area (Å²) in [5.74, 6) is 0.914. The van der Waals surface area contributed by atoms with Crippen LogP contribution in [0.4, 0.5) is 5.00 Å². The summed E-state index contributed by atoms with van der Waals surface area (Å²) in [4.78, 5) is 25.2. The van der Waals surface area contributed by atoms with Gasteiger partial charge in [-0.15, -0.1) is 11.3 Å². The molecule has 7 heteroatoms. The Kier molecular flexibility index (Phi) is 5.46. The van der Waals surface area contributed by atoms with E-state index in [0.717, 1.165) is 27.5 Å². The number of carbonyl (C=O) groups is 2. The van der Waals surface area contributed by atoms with Crippen molar-refractivity contribution >= 4 is 28.2 Å². The lowest BCUT2D eigenvalue weighted by atomic mass is 10.1. The molecule has 0 radical (unpaired) electrons. The summed E-state index contributed by atoms with van der Waals surface area (Å²) in [6, 6.07) is 5.80. The molecule has 0 unspecified atom stereocenters. The van der Waals surface area contributed by atoms with Gasteiger partial charge < -0.3 is 19.5 Å². The first kappa shape index (κ1) is 18.3. The highest BCUT2D eigenvalue weighted by molar-refractivity contribution is 7.17. The topological polar surface area (TPSA) is 73.9 Å². The van der Waals surface area contributed by atoms with E-state index < -0.39 is 5.97 Å². The molecule has 0 saturated heterocycles. The van der Waals surface area contributed by atoms with Crippen LogP contribution in [0.5, 0.6) is 11.5 Å². The van der Waals surface area contributed by atoms with Crippen LogP contribution in [-0.2, 0) is 16.0 Å². The number of ether oxygens (including phenoxy) is 3. The Morgan fingerprint density at radius 2 is 2.00 bits per heavy atom. The van der Waals surface area contributed by atoms with Gasteiger partial charge in [0.1, 0.15) is 5.00 Å². The van der Waals surface area contributed by atoms with E-state index in [-0.39, 0.29) is 19.3 Å². The van der Waals surface area contributed by atoms with Gasteiger partial charge >= 0.3 is 5.97 Å². The fourth-order valence-electron chi connectivity index (χ4n) is 2.72. The van der Waals surface area contributed by atoms with Crippen LogP contribution in [0, 0.1) is 6.92 Å². The molecule has 0 fully saturated rings. The van der Waals surface area contributed by atoms with E-state index in [9.17, 15) is 9.59 Å². The van der Waals surface area contributed by atoms with E-state index >= 15 is 0 Å². The van der Waals surface area contributed by atoms with Crippen molar-refractivity contribution in [2.45, 2.75) is 33.6 Å². The third-order valence-corrected chi connectivity index (χ3v) is 5.31. The van der Waals surface area contributed by atoms with E-state index in [2.05, 4.69) is 5.32 Å². The minimum atomic E-state index is -0.412. The molecule has 138 valence electrons. The molecule has 1 aromatic carbocycles. The lowest BCUT2D eigenvalue weighted by Gasteiger charge is -2.06. The van der Waals surface area contributed by atoms with Crippen LogP contribution < -0.4 is 14.8 Å². The molecule has 0 saturated carbocycles. The van der Waals surface area contributed by atoms with Crippen LogP contribution in [0.15, 0.2) is 18.2 Å². The molecule has 1 aliphatic rings. The molecular weight excluding hydrogens is 354 g/mol. The Hall–Kier alpha value is -2.54. The van der Waals surface area contributed by atoms with Gasteiger partial charge in [-0.2, -0.15) is 0 Å². The molecule has 26 heavy (non-hydrogen) atoms. The maximum atomic E-state index is 12.4. The SMILES string of the molecule is CCOC(=O)c1c(NC(=O)CC)sc(Cc2ccc3c(c2)OCO3)c1C. The maximum absolute atomic E-state index is 12.4. The van der Waals surface area contributed by atoms with Crippen LogP contribution in [0.3, 0.4) is 0 Å². The fourth-order valence-corrected chi connectivity index (χ4v) is 3.96. The first-order valence-corrected chi connectivity index (χ1v) is 9.32. The molecule has 0 atom stereocenters. The summed E-state index contributed by atoms with van der Waals surface area (Å²) in [5.41, 5.74) is 2.31. The number of esters is 1. The zero-order chi connectivity index (χ0) is 18.7. The van der Waals surface area contributed by atoms with Gasteiger partial charge in [-0.1, -0.05) is 13.0 Å². The first-order valence-electron chi connectivity index (χ1n) is 8.51. The third-order valence-electron chi connectivity index (χ3n) is 4.10. The number of hydrogen-bond donors (Lipinski definition) is 1. The number of anilines is 1. The number of thiophene rings is 1. The summed E-state index contributed by atoms with van der Waals surface area (Å²) in [6.07, 6.45) is 0.970. The van der Waals surface area contributed by atoms with E-state index in [1.54, 1.807) is 13.8 Å². The highest BCUT2D eigenvalue weighted by Crippen LogP contribution is 2.37. The average Bonchev–Trinajstić information content (AvgIpc) is 3.19. The second-order valence-electron chi connectivity index (χ2n) is 5.84. The van der Waals surface area contributed by atoms with Crippen molar-refractivity contribution in [2.24, 2.45) is 0 Å². The van der Waals surface area contributed by atoms with Crippen LogP contribution in [-0.4, -0.2) is 25.3 Å². The number of hydrogen-bond acceptors (Lipinski definition) is 6. The Morgan fingerprint density at radius 1 is 1.23 bits per heavy atom. The molecule has 2 aromatic rings. The van der Waals surface area contributed by atoms with Gasteiger partial charge in [-0.05, 0) is 37.1 Å². The predicted octanol–water partition coefficient (Wildman–Crippen LogP) is 3.90. The normalized spacial score (nSPS) is 12.1. The van der Waals surface area contributed by atoms with Gasteiger partial charge in [0.05, 0.1) is 12.2 Å². The van der Waals surface area contributed by atoms with Crippen LogP contribution in [0.2, 0.25) is 0 Å².